The van der Waals surface area contributed by atoms with Gasteiger partial charge in [0.2, 0.25) is 0 Å². The molecule has 0 aromatic heterocycles. The number of nitrogens with one attached hydrogen (secondary N) is 1. The van der Waals surface area contributed by atoms with Crippen LogP contribution in [0.25, 0.3) is 0 Å². The highest BCUT2D eigenvalue weighted by molar-refractivity contribution is 5.37. The monoisotopic (exact) mass is 233 g/mol. The van der Waals surface area contributed by atoms with Crippen molar-refractivity contribution in [1.29, 1.82) is 0 Å². The summed E-state index contributed by atoms with van der Waals surface area (Å²) < 4.78 is 9.79. The van der Waals surface area contributed by atoms with Crippen LogP contribution in [0.15, 0.2) is 0 Å². The summed E-state index contributed by atoms with van der Waals surface area (Å²) in [6.07, 6.45) is 1.43. The summed E-state index contributed by atoms with van der Waals surface area (Å²) in [5.74, 6) is 0. The Hall–Kier alpha value is -0.650. The highest BCUT2D eigenvalue weighted by atomic mass is 16.5. The number of aliphatic hydroxyl groups excluding tert-OH is 1. The molecule has 5 heteroatoms. The molecule has 1 unspecified atom stereocenters. The summed E-state index contributed by atoms with van der Waals surface area (Å²) >= 11 is 0. The molecule has 96 valence electrons. The van der Waals surface area contributed by atoms with Gasteiger partial charge in [0.25, 0.3) is 6.47 Å². The minimum Gasteiger partial charge on any atom is -0.462 e. The van der Waals surface area contributed by atoms with E-state index in [2.05, 4.69) is 10.1 Å². The van der Waals surface area contributed by atoms with Crippen LogP contribution in [0.4, 0.5) is 0 Å². The Morgan fingerprint density at radius 2 is 2.19 bits per heavy atom. The Balaban J connectivity index is 0.000000293. The van der Waals surface area contributed by atoms with Crippen LogP contribution in [-0.2, 0) is 14.3 Å². The predicted molar refractivity (Wildman–Crippen MR) is 61.2 cm³/mol. The molecule has 0 radical (unpaired) electrons. The maximum atomic E-state index is 9.60. The smallest absolute Gasteiger partial charge is 0.293 e. The van der Waals surface area contributed by atoms with E-state index < -0.39 is 0 Å². The second-order valence-corrected chi connectivity index (χ2v) is 4.54. The van der Waals surface area contributed by atoms with Crippen LogP contribution in [0.3, 0.4) is 0 Å². The quantitative estimate of drug-likeness (QED) is 0.684. The van der Waals surface area contributed by atoms with Gasteiger partial charge < -0.3 is 19.9 Å². The first kappa shape index (κ1) is 15.3. The fourth-order valence-electron chi connectivity index (χ4n) is 1.13. The average molecular weight is 233 g/mol. The third-order valence-electron chi connectivity index (χ3n) is 1.86. The molecule has 0 aliphatic carbocycles. The van der Waals surface area contributed by atoms with Crippen LogP contribution < -0.4 is 5.32 Å². The molecule has 0 aromatic carbocycles. The SMILES string of the molecule is CC(C)(C)OC=O.OCCOC1CCNC1. The summed E-state index contributed by atoms with van der Waals surface area (Å²) in [4.78, 5) is 9.60. The molecule has 1 saturated heterocycles. The first-order chi connectivity index (χ1) is 7.49. The fraction of sp³-hybridized carbons (Fsp3) is 0.909. The van der Waals surface area contributed by atoms with Crippen molar-refractivity contribution < 1.29 is 19.4 Å². The molecular formula is C11H23NO4. The largest absolute Gasteiger partial charge is 0.462 e. The normalized spacial score (nSPS) is 19.9. The van der Waals surface area contributed by atoms with Gasteiger partial charge in [-0.15, -0.1) is 0 Å². The van der Waals surface area contributed by atoms with Gasteiger partial charge in [0.15, 0.2) is 0 Å². The maximum absolute atomic E-state index is 9.60. The third kappa shape index (κ3) is 9.89. The first-order valence-electron chi connectivity index (χ1n) is 5.54. The molecule has 1 atom stereocenters. The van der Waals surface area contributed by atoms with Crippen molar-refractivity contribution >= 4 is 6.47 Å². The van der Waals surface area contributed by atoms with E-state index in [0.717, 1.165) is 19.5 Å². The van der Waals surface area contributed by atoms with Crippen LogP contribution in [-0.4, -0.2) is 49.6 Å². The summed E-state index contributed by atoms with van der Waals surface area (Å²) in [5.41, 5.74) is -0.318. The van der Waals surface area contributed by atoms with E-state index in [9.17, 15) is 4.79 Å². The first-order valence-corrected chi connectivity index (χ1v) is 5.54. The highest BCUT2D eigenvalue weighted by Gasteiger charge is 2.13. The van der Waals surface area contributed by atoms with E-state index >= 15 is 0 Å². The van der Waals surface area contributed by atoms with Crippen molar-refractivity contribution in [2.75, 3.05) is 26.3 Å². The number of aliphatic hydroxyl groups is 1. The summed E-state index contributed by atoms with van der Waals surface area (Å²) in [6, 6.07) is 0. The Morgan fingerprint density at radius 1 is 1.50 bits per heavy atom. The Bertz CT molecular complexity index is 173. The lowest BCUT2D eigenvalue weighted by atomic mass is 10.2. The summed E-state index contributed by atoms with van der Waals surface area (Å²) in [5, 5.41) is 11.6. The molecule has 0 spiro atoms. The molecule has 0 amide bonds. The van der Waals surface area contributed by atoms with E-state index in [4.69, 9.17) is 9.84 Å². The molecule has 0 bridgehead atoms. The molecule has 1 rings (SSSR count). The van der Waals surface area contributed by atoms with Gasteiger partial charge in [-0.3, -0.25) is 4.79 Å². The second kappa shape index (κ2) is 8.50. The van der Waals surface area contributed by atoms with E-state index in [1.54, 1.807) is 0 Å². The number of carbonyl (C=O) groups excluding carboxylic acids is 1. The van der Waals surface area contributed by atoms with Gasteiger partial charge in [-0.1, -0.05) is 0 Å². The lowest BCUT2D eigenvalue weighted by Gasteiger charge is -2.14. The second-order valence-electron chi connectivity index (χ2n) is 4.54. The van der Waals surface area contributed by atoms with Crippen molar-refractivity contribution in [3.63, 3.8) is 0 Å². The van der Waals surface area contributed by atoms with Crippen LogP contribution in [0, 0.1) is 0 Å². The standard InChI is InChI=1S/C6H13NO2.C5H10O2/c8-3-4-9-6-1-2-7-5-6;1-5(2,3)7-4-6/h6-8H,1-5H2;4H,1-3H3. The average Bonchev–Trinajstić information content (AvgIpc) is 2.66. The van der Waals surface area contributed by atoms with E-state index in [-0.39, 0.29) is 12.2 Å². The van der Waals surface area contributed by atoms with Crippen molar-refractivity contribution in [1.82, 2.24) is 5.32 Å². The molecule has 2 N–H and O–H groups in total. The number of hydrogen-bond donors (Lipinski definition) is 2. The lowest BCUT2D eigenvalue weighted by molar-refractivity contribution is -0.138. The number of rotatable bonds is 4. The van der Waals surface area contributed by atoms with Gasteiger partial charge in [-0.05, 0) is 33.7 Å². The number of carbonyl (C=O) groups is 1. The van der Waals surface area contributed by atoms with Gasteiger partial charge in [0, 0.05) is 6.54 Å². The molecule has 1 aliphatic rings. The van der Waals surface area contributed by atoms with Crippen LogP contribution in [0.5, 0.6) is 0 Å². The molecule has 0 saturated carbocycles. The van der Waals surface area contributed by atoms with Gasteiger partial charge in [-0.2, -0.15) is 0 Å². The van der Waals surface area contributed by atoms with E-state index in [1.165, 1.54) is 0 Å². The zero-order chi connectivity index (χ0) is 12.4. The minimum atomic E-state index is -0.318. The summed E-state index contributed by atoms with van der Waals surface area (Å²) in [7, 11) is 0. The van der Waals surface area contributed by atoms with Crippen molar-refractivity contribution in [2.45, 2.75) is 38.9 Å². The van der Waals surface area contributed by atoms with Gasteiger partial charge in [0.05, 0.1) is 19.3 Å². The topological polar surface area (TPSA) is 67.8 Å². The lowest BCUT2D eigenvalue weighted by Crippen LogP contribution is -2.18. The van der Waals surface area contributed by atoms with Crippen molar-refractivity contribution in [3.05, 3.63) is 0 Å². The van der Waals surface area contributed by atoms with Crippen molar-refractivity contribution in [3.8, 4) is 0 Å². The minimum absolute atomic E-state index is 0.135. The maximum Gasteiger partial charge on any atom is 0.293 e. The zero-order valence-corrected chi connectivity index (χ0v) is 10.4. The van der Waals surface area contributed by atoms with Crippen molar-refractivity contribution in [2.24, 2.45) is 0 Å². The molecular weight excluding hydrogens is 210 g/mol. The van der Waals surface area contributed by atoms with Crippen LogP contribution in [0.2, 0.25) is 0 Å². The molecule has 5 nitrogen and oxygen atoms in total. The summed E-state index contributed by atoms with van der Waals surface area (Å²) in [6.45, 7) is 8.53. The van der Waals surface area contributed by atoms with Crippen LogP contribution in [0.1, 0.15) is 27.2 Å². The van der Waals surface area contributed by atoms with Gasteiger partial charge in [-0.25, -0.2) is 0 Å². The highest BCUT2D eigenvalue weighted by Crippen LogP contribution is 2.02. The van der Waals surface area contributed by atoms with E-state index in [0.29, 0.717) is 19.2 Å². The fourth-order valence-corrected chi connectivity index (χ4v) is 1.13. The predicted octanol–water partition coefficient (Wildman–Crippen LogP) is 0.315. The van der Waals surface area contributed by atoms with Gasteiger partial charge in [0.1, 0.15) is 5.60 Å². The molecule has 1 aliphatic heterocycles. The van der Waals surface area contributed by atoms with Gasteiger partial charge >= 0.3 is 0 Å². The Morgan fingerprint density at radius 3 is 2.50 bits per heavy atom. The molecule has 1 heterocycles. The Labute approximate surface area is 97.1 Å². The zero-order valence-electron chi connectivity index (χ0n) is 10.4. The molecule has 16 heavy (non-hydrogen) atoms. The number of ether oxygens (including phenoxy) is 2. The molecule has 0 aromatic rings. The van der Waals surface area contributed by atoms with E-state index in [1.807, 2.05) is 20.8 Å². The third-order valence-corrected chi connectivity index (χ3v) is 1.86. The van der Waals surface area contributed by atoms with Crippen LogP contribution >= 0.6 is 0 Å². The molecule has 1 fully saturated rings. The number of hydrogen-bond acceptors (Lipinski definition) is 5. The Kier molecular flexibility index (Phi) is 8.15.